The summed E-state index contributed by atoms with van der Waals surface area (Å²) in [5.74, 6) is 1.15. The summed E-state index contributed by atoms with van der Waals surface area (Å²) >= 11 is 0. The topological polar surface area (TPSA) is 64.6 Å². The van der Waals surface area contributed by atoms with E-state index < -0.39 is 9.84 Å². The average molecular weight is 418 g/mol. The zero-order chi connectivity index (χ0) is 20.9. The van der Waals surface area contributed by atoms with Gasteiger partial charge < -0.3 is 14.8 Å². The van der Waals surface area contributed by atoms with Crippen LogP contribution in [-0.2, 0) is 9.84 Å². The molecule has 0 saturated carbocycles. The van der Waals surface area contributed by atoms with Crippen molar-refractivity contribution in [3.05, 3.63) is 53.6 Å². The highest BCUT2D eigenvalue weighted by atomic mass is 32.2. The van der Waals surface area contributed by atoms with Crippen molar-refractivity contribution in [2.45, 2.75) is 57.0 Å². The second-order valence-corrected chi connectivity index (χ2v) is 9.34. The summed E-state index contributed by atoms with van der Waals surface area (Å²) in [5.41, 5.74) is 1.76. The summed E-state index contributed by atoms with van der Waals surface area (Å²) < 4.78 is 38.2. The van der Waals surface area contributed by atoms with Crippen LogP contribution in [0.15, 0.2) is 47.4 Å². The van der Waals surface area contributed by atoms with Crippen LogP contribution in [0.3, 0.4) is 0 Å². The van der Waals surface area contributed by atoms with Crippen LogP contribution < -0.4 is 14.8 Å². The van der Waals surface area contributed by atoms with Crippen molar-refractivity contribution in [3.63, 3.8) is 0 Å². The second-order valence-electron chi connectivity index (χ2n) is 7.33. The summed E-state index contributed by atoms with van der Waals surface area (Å²) in [6.07, 6.45) is 2.84. The lowest BCUT2D eigenvalue weighted by molar-refractivity contribution is 0.286. The first-order valence-electron chi connectivity index (χ1n) is 10.5. The van der Waals surface area contributed by atoms with Crippen molar-refractivity contribution < 1.29 is 17.9 Å². The van der Waals surface area contributed by atoms with E-state index in [1.54, 1.807) is 6.07 Å². The second kappa shape index (κ2) is 9.63. The van der Waals surface area contributed by atoms with E-state index in [0.717, 1.165) is 30.4 Å². The van der Waals surface area contributed by atoms with Crippen LogP contribution in [0.5, 0.6) is 11.5 Å². The molecule has 1 aliphatic rings. The van der Waals surface area contributed by atoms with Gasteiger partial charge in [-0.3, -0.25) is 0 Å². The van der Waals surface area contributed by atoms with Crippen LogP contribution >= 0.6 is 0 Å². The first-order chi connectivity index (χ1) is 14.0. The molecule has 0 aromatic heterocycles. The molecule has 1 aliphatic heterocycles. The van der Waals surface area contributed by atoms with Crippen LogP contribution in [0.2, 0.25) is 0 Å². The quantitative estimate of drug-likeness (QED) is 0.685. The van der Waals surface area contributed by atoms with Gasteiger partial charge in [-0.25, -0.2) is 8.42 Å². The number of unbranched alkanes of at least 4 members (excludes halogenated alkanes) is 1. The highest BCUT2D eigenvalue weighted by Crippen LogP contribution is 2.40. The predicted octanol–water partition coefficient (Wildman–Crippen LogP) is 4.51. The Kier molecular flexibility index (Phi) is 7.19. The highest BCUT2D eigenvalue weighted by molar-refractivity contribution is 7.91. The molecule has 0 aliphatic carbocycles. The maximum absolute atomic E-state index is 13.3. The molecule has 2 aromatic rings. The fourth-order valence-corrected chi connectivity index (χ4v) is 5.65. The van der Waals surface area contributed by atoms with E-state index in [-0.39, 0.29) is 17.8 Å². The van der Waals surface area contributed by atoms with E-state index in [1.807, 2.05) is 50.2 Å². The van der Waals surface area contributed by atoms with E-state index in [9.17, 15) is 8.42 Å². The Morgan fingerprint density at radius 2 is 1.66 bits per heavy atom. The molecule has 158 valence electrons. The summed E-state index contributed by atoms with van der Waals surface area (Å²) in [6, 6.07) is 13.2. The number of rotatable bonds is 8. The van der Waals surface area contributed by atoms with Gasteiger partial charge in [-0.2, -0.15) is 0 Å². The first-order valence-corrected chi connectivity index (χ1v) is 12.1. The van der Waals surface area contributed by atoms with Gasteiger partial charge in [0.15, 0.2) is 21.3 Å². The lowest BCUT2D eigenvalue weighted by atomic mass is 9.96. The van der Waals surface area contributed by atoms with Gasteiger partial charge in [0.25, 0.3) is 0 Å². The lowest BCUT2D eigenvalue weighted by Gasteiger charge is -2.24. The number of sulfone groups is 1. The molecule has 0 unspecified atom stereocenters. The normalized spacial score (nSPS) is 20.5. The minimum absolute atomic E-state index is 0.0862. The number of hydrogen-bond donors (Lipinski definition) is 1. The third-order valence-corrected chi connectivity index (χ3v) is 7.05. The van der Waals surface area contributed by atoms with Crippen LogP contribution in [0.25, 0.3) is 0 Å². The number of benzene rings is 2. The minimum atomic E-state index is -3.47. The van der Waals surface area contributed by atoms with Gasteiger partial charge in [-0.05, 0) is 37.5 Å². The van der Waals surface area contributed by atoms with Crippen LogP contribution in [-0.4, -0.2) is 33.4 Å². The number of hydrogen-bond acceptors (Lipinski definition) is 5. The van der Waals surface area contributed by atoms with Crippen molar-refractivity contribution in [2.24, 2.45) is 0 Å². The fourth-order valence-electron chi connectivity index (χ4n) is 3.86. The Morgan fingerprint density at radius 1 is 1.00 bits per heavy atom. The van der Waals surface area contributed by atoms with Crippen molar-refractivity contribution in [3.8, 4) is 11.5 Å². The first kappa shape index (κ1) is 21.7. The third-order valence-electron chi connectivity index (χ3n) is 5.18. The standard InChI is InChI=1S/C23H31NO4S/c1-4-7-13-18-16-29(25,26)22-15-21(28-6-3)20(27-5-2)14-19(22)23(24-18)17-11-9-8-10-12-17/h8-12,14-15,18,23-24H,4-7,13,16H2,1-3H3/t18-,23-/m1/s1. The summed E-state index contributed by atoms with van der Waals surface area (Å²) in [4.78, 5) is 0.338. The Morgan fingerprint density at radius 3 is 2.28 bits per heavy atom. The van der Waals surface area contributed by atoms with E-state index in [2.05, 4.69) is 12.2 Å². The van der Waals surface area contributed by atoms with E-state index in [1.165, 1.54) is 0 Å². The molecule has 5 nitrogen and oxygen atoms in total. The zero-order valence-corrected chi connectivity index (χ0v) is 18.3. The van der Waals surface area contributed by atoms with Gasteiger partial charge >= 0.3 is 0 Å². The number of nitrogens with one attached hydrogen (secondary N) is 1. The van der Waals surface area contributed by atoms with E-state index >= 15 is 0 Å². The molecule has 0 spiro atoms. The van der Waals surface area contributed by atoms with Crippen molar-refractivity contribution in [1.29, 1.82) is 0 Å². The molecular formula is C23H31NO4S. The SMILES string of the molecule is CCCC[C@@H]1CS(=O)(=O)c2cc(OCC)c(OCC)cc2[C@@H](c2ccccc2)N1. The largest absolute Gasteiger partial charge is 0.490 e. The molecule has 1 N–H and O–H groups in total. The summed E-state index contributed by atoms with van der Waals surface area (Å²) in [6.45, 7) is 6.83. The molecule has 2 aromatic carbocycles. The van der Waals surface area contributed by atoms with Gasteiger partial charge in [0, 0.05) is 12.1 Å². The molecule has 0 radical (unpaired) electrons. The molecule has 0 amide bonds. The Hall–Kier alpha value is -2.05. The van der Waals surface area contributed by atoms with Crippen LogP contribution in [0.4, 0.5) is 0 Å². The Bertz CT molecular complexity index is 912. The van der Waals surface area contributed by atoms with Gasteiger partial charge in [0.2, 0.25) is 0 Å². The van der Waals surface area contributed by atoms with Crippen molar-refractivity contribution >= 4 is 9.84 Å². The third kappa shape index (κ3) is 4.93. The van der Waals surface area contributed by atoms with Gasteiger partial charge in [0.05, 0.1) is 29.9 Å². The molecule has 6 heteroatoms. The van der Waals surface area contributed by atoms with Crippen molar-refractivity contribution in [1.82, 2.24) is 5.32 Å². The fraction of sp³-hybridized carbons (Fsp3) is 0.478. The smallest absolute Gasteiger partial charge is 0.180 e. The molecule has 0 fully saturated rings. The van der Waals surface area contributed by atoms with Gasteiger partial charge in [-0.15, -0.1) is 0 Å². The number of ether oxygens (including phenoxy) is 2. The summed E-state index contributed by atoms with van der Waals surface area (Å²) in [5, 5.41) is 3.62. The molecule has 1 heterocycles. The van der Waals surface area contributed by atoms with Gasteiger partial charge in [-0.1, -0.05) is 50.1 Å². The molecule has 3 rings (SSSR count). The summed E-state index contributed by atoms with van der Waals surface area (Å²) in [7, 11) is -3.47. The van der Waals surface area contributed by atoms with Gasteiger partial charge in [0.1, 0.15) is 0 Å². The van der Waals surface area contributed by atoms with Crippen molar-refractivity contribution in [2.75, 3.05) is 19.0 Å². The monoisotopic (exact) mass is 417 g/mol. The van der Waals surface area contributed by atoms with Crippen LogP contribution in [0, 0.1) is 0 Å². The molecule has 2 atom stereocenters. The Labute approximate surface area is 174 Å². The zero-order valence-electron chi connectivity index (χ0n) is 17.5. The minimum Gasteiger partial charge on any atom is -0.490 e. The molecule has 0 saturated heterocycles. The lowest BCUT2D eigenvalue weighted by Crippen LogP contribution is -2.35. The molecule has 29 heavy (non-hydrogen) atoms. The highest BCUT2D eigenvalue weighted by Gasteiger charge is 2.34. The number of fused-ring (bicyclic) bond motifs is 1. The molecule has 0 bridgehead atoms. The Balaban J connectivity index is 2.18. The average Bonchev–Trinajstić information content (AvgIpc) is 2.82. The maximum atomic E-state index is 13.3. The molecular weight excluding hydrogens is 386 g/mol. The predicted molar refractivity (Wildman–Crippen MR) is 116 cm³/mol. The van der Waals surface area contributed by atoms with Crippen LogP contribution in [0.1, 0.15) is 57.2 Å². The van der Waals surface area contributed by atoms with E-state index in [4.69, 9.17) is 9.47 Å². The maximum Gasteiger partial charge on any atom is 0.180 e. The van der Waals surface area contributed by atoms with E-state index in [0.29, 0.717) is 29.6 Å².